The minimum atomic E-state index is -0.699. The number of hydrogen-bond donors (Lipinski definition) is 1. The predicted octanol–water partition coefficient (Wildman–Crippen LogP) is 3.43. The van der Waals surface area contributed by atoms with Crippen molar-refractivity contribution in [3.63, 3.8) is 0 Å². The molecule has 1 fully saturated rings. The van der Waals surface area contributed by atoms with Crippen molar-refractivity contribution in [2.75, 3.05) is 20.3 Å². The summed E-state index contributed by atoms with van der Waals surface area (Å²) in [5.74, 6) is 1.67. The molecular formula is C22H26N2O5. The Bertz CT molecular complexity index is 843. The van der Waals surface area contributed by atoms with E-state index in [9.17, 15) is 9.90 Å². The molecule has 1 aliphatic rings. The number of carbonyl (C=O) groups excluding carboxylic acids is 1. The van der Waals surface area contributed by atoms with E-state index in [0.717, 1.165) is 19.4 Å². The number of rotatable bonds is 9. The molecule has 0 spiro atoms. The second-order valence-electron chi connectivity index (χ2n) is 7.08. The average molecular weight is 398 g/mol. The molecule has 0 bridgehead atoms. The molecule has 1 N–H and O–H groups in total. The molecule has 2 atom stereocenters. The quantitative estimate of drug-likeness (QED) is 0.650. The molecule has 1 aromatic heterocycles. The van der Waals surface area contributed by atoms with Crippen LogP contribution in [0.15, 0.2) is 41.0 Å². The van der Waals surface area contributed by atoms with Gasteiger partial charge in [-0.15, -0.1) is 0 Å². The van der Waals surface area contributed by atoms with Gasteiger partial charge in [-0.1, -0.05) is 0 Å². The highest BCUT2D eigenvalue weighted by Crippen LogP contribution is 2.29. The van der Waals surface area contributed by atoms with Crippen molar-refractivity contribution in [3.8, 4) is 17.6 Å². The summed E-state index contributed by atoms with van der Waals surface area (Å²) < 4.78 is 16.2. The standard InChI is InChI=1S/C22H26N2O5/c1-27-21-13-16(15-23)8-9-20(21)29-12-4-7-22(26)24-10-2-5-17(24)14-18(25)19-6-3-11-28-19/h3,6,8-9,11,13,17-18,25H,2,4-5,7,10,12,14H2,1H3/t17-,18-/m1/s1. The molecular weight excluding hydrogens is 372 g/mol. The van der Waals surface area contributed by atoms with Gasteiger partial charge in [-0.05, 0) is 43.5 Å². The number of aliphatic hydroxyl groups excluding tert-OH is 1. The number of amides is 1. The molecule has 7 heteroatoms. The fourth-order valence-corrected chi connectivity index (χ4v) is 3.67. The molecule has 1 saturated heterocycles. The highest BCUT2D eigenvalue weighted by atomic mass is 16.5. The monoisotopic (exact) mass is 398 g/mol. The summed E-state index contributed by atoms with van der Waals surface area (Å²) in [6.07, 6.45) is 4.12. The maximum Gasteiger partial charge on any atom is 0.222 e. The number of nitriles is 1. The summed E-state index contributed by atoms with van der Waals surface area (Å²) in [4.78, 5) is 14.5. The molecule has 3 rings (SSSR count). The van der Waals surface area contributed by atoms with E-state index in [1.807, 2.05) is 4.90 Å². The number of nitrogens with zero attached hydrogens (tertiary/aromatic N) is 2. The van der Waals surface area contributed by atoms with E-state index in [-0.39, 0.29) is 11.9 Å². The van der Waals surface area contributed by atoms with Crippen molar-refractivity contribution in [3.05, 3.63) is 47.9 Å². The van der Waals surface area contributed by atoms with Crippen molar-refractivity contribution >= 4 is 5.91 Å². The van der Waals surface area contributed by atoms with Gasteiger partial charge in [-0.25, -0.2) is 0 Å². The van der Waals surface area contributed by atoms with E-state index in [2.05, 4.69) is 6.07 Å². The number of ether oxygens (including phenoxy) is 2. The van der Waals surface area contributed by atoms with Crippen molar-refractivity contribution < 1.29 is 23.8 Å². The van der Waals surface area contributed by atoms with Gasteiger partial charge in [0.05, 0.1) is 31.6 Å². The zero-order valence-electron chi connectivity index (χ0n) is 16.5. The SMILES string of the molecule is COc1cc(C#N)ccc1OCCCC(=O)N1CCC[C@@H]1C[C@@H](O)c1ccco1. The molecule has 0 aliphatic carbocycles. The minimum Gasteiger partial charge on any atom is -0.493 e. The molecule has 1 amide bonds. The fourth-order valence-electron chi connectivity index (χ4n) is 3.67. The van der Waals surface area contributed by atoms with Gasteiger partial charge in [0.1, 0.15) is 11.9 Å². The first-order valence-corrected chi connectivity index (χ1v) is 9.84. The molecule has 29 heavy (non-hydrogen) atoms. The van der Waals surface area contributed by atoms with Crippen LogP contribution in [0.1, 0.15) is 49.5 Å². The Balaban J connectivity index is 1.46. The third kappa shape index (κ3) is 5.30. The zero-order chi connectivity index (χ0) is 20.6. The lowest BCUT2D eigenvalue weighted by atomic mass is 10.0. The van der Waals surface area contributed by atoms with Crippen LogP contribution in [0.3, 0.4) is 0 Å². The van der Waals surface area contributed by atoms with Crippen LogP contribution in [0, 0.1) is 11.3 Å². The first kappa shape index (κ1) is 20.7. The van der Waals surface area contributed by atoms with Gasteiger partial charge in [0.15, 0.2) is 11.5 Å². The van der Waals surface area contributed by atoms with E-state index in [0.29, 0.717) is 48.7 Å². The number of benzene rings is 1. The molecule has 0 saturated carbocycles. The molecule has 0 unspecified atom stereocenters. The summed E-state index contributed by atoms with van der Waals surface area (Å²) in [6.45, 7) is 1.10. The number of methoxy groups -OCH3 is 1. The lowest BCUT2D eigenvalue weighted by molar-refractivity contribution is -0.132. The number of likely N-dealkylation sites (tertiary alicyclic amines) is 1. The summed E-state index contributed by atoms with van der Waals surface area (Å²) in [5, 5.41) is 19.3. The van der Waals surface area contributed by atoms with Crippen LogP contribution >= 0.6 is 0 Å². The average Bonchev–Trinajstić information content (AvgIpc) is 3.43. The second kappa shape index (κ2) is 9.99. The fraction of sp³-hybridized carbons (Fsp3) is 0.455. The smallest absolute Gasteiger partial charge is 0.222 e. The summed E-state index contributed by atoms with van der Waals surface area (Å²) >= 11 is 0. The van der Waals surface area contributed by atoms with Crippen LogP contribution in [0.5, 0.6) is 11.5 Å². The highest BCUT2D eigenvalue weighted by molar-refractivity contribution is 5.76. The maximum atomic E-state index is 12.6. The molecule has 1 aromatic carbocycles. The van der Waals surface area contributed by atoms with Crippen LogP contribution < -0.4 is 9.47 Å². The second-order valence-corrected chi connectivity index (χ2v) is 7.08. The zero-order valence-corrected chi connectivity index (χ0v) is 16.5. The van der Waals surface area contributed by atoms with E-state index < -0.39 is 6.10 Å². The van der Waals surface area contributed by atoms with Crippen molar-refractivity contribution in [1.82, 2.24) is 4.90 Å². The van der Waals surface area contributed by atoms with Gasteiger partial charge < -0.3 is 23.9 Å². The Labute approximate surface area is 170 Å². The molecule has 1 aliphatic heterocycles. The molecule has 7 nitrogen and oxygen atoms in total. The Morgan fingerprint density at radius 3 is 3.00 bits per heavy atom. The van der Waals surface area contributed by atoms with Crippen LogP contribution in [0.25, 0.3) is 0 Å². The molecule has 2 heterocycles. The third-order valence-corrected chi connectivity index (χ3v) is 5.15. The van der Waals surface area contributed by atoms with Crippen LogP contribution in [-0.4, -0.2) is 42.2 Å². The lowest BCUT2D eigenvalue weighted by Crippen LogP contribution is -2.36. The maximum absolute atomic E-state index is 12.6. The van der Waals surface area contributed by atoms with E-state index >= 15 is 0 Å². The van der Waals surface area contributed by atoms with Crippen LogP contribution in [-0.2, 0) is 4.79 Å². The van der Waals surface area contributed by atoms with Gasteiger partial charge in [0.2, 0.25) is 5.91 Å². The Kier molecular flexibility index (Phi) is 7.14. The largest absolute Gasteiger partial charge is 0.493 e. The van der Waals surface area contributed by atoms with Gasteiger partial charge in [-0.3, -0.25) is 4.79 Å². The van der Waals surface area contributed by atoms with Gasteiger partial charge in [-0.2, -0.15) is 5.26 Å². The molecule has 2 aromatic rings. The lowest BCUT2D eigenvalue weighted by Gasteiger charge is -2.26. The van der Waals surface area contributed by atoms with Crippen molar-refractivity contribution in [2.45, 2.75) is 44.2 Å². The highest BCUT2D eigenvalue weighted by Gasteiger charge is 2.30. The Morgan fingerprint density at radius 1 is 1.41 bits per heavy atom. The van der Waals surface area contributed by atoms with Gasteiger partial charge in [0.25, 0.3) is 0 Å². The normalized spacial score (nSPS) is 17.0. The van der Waals surface area contributed by atoms with Gasteiger partial charge in [0, 0.05) is 31.5 Å². The van der Waals surface area contributed by atoms with Crippen LogP contribution in [0.2, 0.25) is 0 Å². The Hall–Kier alpha value is -2.98. The minimum absolute atomic E-state index is 0.0298. The van der Waals surface area contributed by atoms with E-state index in [4.69, 9.17) is 19.2 Å². The van der Waals surface area contributed by atoms with Crippen molar-refractivity contribution in [1.29, 1.82) is 5.26 Å². The van der Waals surface area contributed by atoms with E-state index in [1.54, 1.807) is 36.6 Å². The van der Waals surface area contributed by atoms with Gasteiger partial charge >= 0.3 is 0 Å². The van der Waals surface area contributed by atoms with E-state index in [1.165, 1.54) is 7.11 Å². The van der Waals surface area contributed by atoms with Crippen LogP contribution in [0.4, 0.5) is 0 Å². The van der Waals surface area contributed by atoms with Crippen molar-refractivity contribution in [2.24, 2.45) is 0 Å². The summed E-state index contributed by atoms with van der Waals surface area (Å²) in [5.41, 5.74) is 0.501. The topological polar surface area (TPSA) is 95.9 Å². The summed E-state index contributed by atoms with van der Waals surface area (Å²) in [6, 6.07) is 10.6. The third-order valence-electron chi connectivity index (χ3n) is 5.15. The number of aliphatic hydroxyl groups is 1. The number of furan rings is 1. The molecule has 0 radical (unpaired) electrons. The first-order valence-electron chi connectivity index (χ1n) is 9.84. The number of hydrogen-bond acceptors (Lipinski definition) is 6. The first-order chi connectivity index (χ1) is 14.1. The Morgan fingerprint density at radius 2 is 2.28 bits per heavy atom. The summed E-state index contributed by atoms with van der Waals surface area (Å²) in [7, 11) is 1.53. The molecule has 154 valence electrons. The predicted molar refractivity (Wildman–Crippen MR) is 105 cm³/mol. The number of carbonyl (C=O) groups is 1.